The molecule has 1 unspecified atom stereocenters. The lowest BCUT2D eigenvalue weighted by molar-refractivity contribution is -0.149. The zero-order chi connectivity index (χ0) is 24.8. The Morgan fingerprint density at radius 1 is 1.06 bits per heavy atom. The first-order chi connectivity index (χ1) is 17.0. The molecule has 4 rings (SSSR count). The number of aromatic nitrogens is 1. The average Bonchev–Trinajstić information content (AvgIpc) is 2.89. The molecular weight excluding hydrogens is 440 g/mol. The van der Waals surface area contributed by atoms with Gasteiger partial charge in [-0.15, -0.1) is 0 Å². The Morgan fingerprint density at radius 2 is 1.80 bits per heavy atom. The maximum atomic E-state index is 14.6. The van der Waals surface area contributed by atoms with Gasteiger partial charge in [-0.1, -0.05) is 25.1 Å². The van der Waals surface area contributed by atoms with Crippen molar-refractivity contribution in [2.24, 2.45) is 0 Å². The summed E-state index contributed by atoms with van der Waals surface area (Å²) in [5.74, 6) is -0.180. The summed E-state index contributed by atoms with van der Waals surface area (Å²) in [6, 6.07) is 13.3. The molecule has 2 saturated heterocycles. The van der Waals surface area contributed by atoms with Crippen molar-refractivity contribution in [3.8, 4) is 0 Å². The summed E-state index contributed by atoms with van der Waals surface area (Å²) in [4.78, 5) is 39.5. The van der Waals surface area contributed by atoms with Crippen LogP contribution in [0.1, 0.15) is 43.2 Å². The zero-order valence-electron chi connectivity index (χ0n) is 21.2. The summed E-state index contributed by atoms with van der Waals surface area (Å²) < 4.78 is 0. The Balaban J connectivity index is 1.90. The van der Waals surface area contributed by atoms with Gasteiger partial charge in [0.25, 0.3) is 11.8 Å². The molecule has 0 bridgehead atoms. The van der Waals surface area contributed by atoms with Crippen LogP contribution in [0.3, 0.4) is 0 Å². The maximum Gasteiger partial charge on any atom is 0.256 e. The van der Waals surface area contributed by atoms with Gasteiger partial charge in [-0.05, 0) is 51.1 Å². The molecule has 1 aromatic heterocycles. The standard InChI is InChI=1S/C27H38N6O2/c1-4-15-31-18-19-33(25(34)22-9-6-5-7-10-22)27(20-31,26(35)32-16-13-28-14-17-32)24-23(30-21(2)3)11-8-12-29-24/h5-12,21,28,30H,4,13-20H2,1-3H3. The molecule has 8 heteroatoms. The van der Waals surface area contributed by atoms with Crippen LogP contribution in [-0.4, -0.2) is 89.9 Å². The number of rotatable bonds is 7. The third-order valence-electron chi connectivity index (χ3n) is 6.76. The number of nitrogens with zero attached hydrogens (tertiary/aromatic N) is 4. The number of pyridine rings is 1. The Bertz CT molecular complexity index is 1010. The van der Waals surface area contributed by atoms with E-state index in [2.05, 4.69) is 36.3 Å². The van der Waals surface area contributed by atoms with Gasteiger partial charge >= 0.3 is 0 Å². The second-order valence-electron chi connectivity index (χ2n) is 9.70. The van der Waals surface area contributed by atoms with Crippen LogP contribution in [0.4, 0.5) is 5.69 Å². The molecule has 2 N–H and O–H groups in total. The molecule has 2 aromatic rings. The van der Waals surface area contributed by atoms with E-state index in [0.717, 1.165) is 38.3 Å². The number of amides is 2. The van der Waals surface area contributed by atoms with Crippen molar-refractivity contribution in [3.63, 3.8) is 0 Å². The highest BCUT2D eigenvalue weighted by Gasteiger charge is 2.55. The third-order valence-corrected chi connectivity index (χ3v) is 6.76. The predicted molar refractivity (Wildman–Crippen MR) is 138 cm³/mol. The molecule has 0 saturated carbocycles. The summed E-state index contributed by atoms with van der Waals surface area (Å²) in [6.45, 7) is 11.5. The van der Waals surface area contributed by atoms with Gasteiger partial charge in [0.15, 0.2) is 5.54 Å². The number of carbonyl (C=O) groups is 2. The normalized spacial score (nSPS) is 21.3. The van der Waals surface area contributed by atoms with E-state index in [1.807, 2.05) is 47.4 Å². The molecule has 1 aromatic carbocycles. The Hall–Kier alpha value is -2.97. The van der Waals surface area contributed by atoms with Gasteiger partial charge in [-0.2, -0.15) is 0 Å². The average molecular weight is 479 g/mol. The fourth-order valence-electron chi connectivity index (χ4n) is 5.22. The summed E-state index contributed by atoms with van der Waals surface area (Å²) in [5.41, 5.74) is 0.789. The lowest BCUT2D eigenvalue weighted by Gasteiger charge is -2.51. The van der Waals surface area contributed by atoms with Crippen LogP contribution in [0.5, 0.6) is 0 Å². The first kappa shape index (κ1) is 25.1. The summed E-state index contributed by atoms with van der Waals surface area (Å²) >= 11 is 0. The van der Waals surface area contributed by atoms with Crippen molar-refractivity contribution in [2.45, 2.75) is 38.8 Å². The highest BCUT2D eigenvalue weighted by atomic mass is 16.2. The van der Waals surface area contributed by atoms with E-state index in [0.29, 0.717) is 37.4 Å². The third kappa shape index (κ3) is 5.18. The first-order valence-corrected chi connectivity index (χ1v) is 12.8. The van der Waals surface area contributed by atoms with E-state index >= 15 is 0 Å². The van der Waals surface area contributed by atoms with Gasteiger partial charge in [0, 0.05) is 63.6 Å². The fourth-order valence-corrected chi connectivity index (χ4v) is 5.22. The van der Waals surface area contributed by atoms with E-state index in [9.17, 15) is 9.59 Å². The minimum atomic E-state index is -1.23. The van der Waals surface area contributed by atoms with Gasteiger partial charge in [-0.3, -0.25) is 19.5 Å². The van der Waals surface area contributed by atoms with Crippen LogP contribution in [-0.2, 0) is 10.3 Å². The number of carbonyl (C=O) groups excluding carboxylic acids is 2. The van der Waals surface area contributed by atoms with Gasteiger partial charge in [-0.25, -0.2) is 0 Å². The molecule has 2 fully saturated rings. The molecule has 1 atom stereocenters. The van der Waals surface area contributed by atoms with Gasteiger partial charge in [0.2, 0.25) is 0 Å². The topological polar surface area (TPSA) is 80.8 Å². The van der Waals surface area contributed by atoms with E-state index in [4.69, 9.17) is 4.98 Å². The van der Waals surface area contributed by atoms with Crippen LogP contribution in [0.15, 0.2) is 48.7 Å². The number of benzene rings is 1. The van der Waals surface area contributed by atoms with Crippen LogP contribution in [0, 0.1) is 0 Å². The van der Waals surface area contributed by atoms with Crippen molar-refractivity contribution in [2.75, 3.05) is 57.7 Å². The lowest BCUT2D eigenvalue weighted by Crippen LogP contribution is -2.69. The van der Waals surface area contributed by atoms with Crippen molar-refractivity contribution < 1.29 is 9.59 Å². The SMILES string of the molecule is CCCN1CCN(C(=O)c2ccccc2)C(C(=O)N2CCNCC2)(c2ncccc2NC(C)C)C1. The molecule has 8 nitrogen and oxygen atoms in total. The predicted octanol–water partition coefficient (Wildman–Crippen LogP) is 2.40. The van der Waals surface area contributed by atoms with E-state index in [-0.39, 0.29) is 17.9 Å². The van der Waals surface area contributed by atoms with Gasteiger partial charge < -0.3 is 20.4 Å². The van der Waals surface area contributed by atoms with Crippen molar-refractivity contribution >= 4 is 17.5 Å². The van der Waals surface area contributed by atoms with Crippen molar-refractivity contribution in [1.82, 2.24) is 25.0 Å². The minimum Gasteiger partial charge on any atom is -0.381 e. The highest BCUT2D eigenvalue weighted by Crippen LogP contribution is 2.39. The second-order valence-corrected chi connectivity index (χ2v) is 9.70. The number of hydrogen-bond donors (Lipinski definition) is 2. The Labute approximate surface area is 208 Å². The molecule has 2 amide bonds. The number of anilines is 1. The number of hydrogen-bond acceptors (Lipinski definition) is 6. The number of nitrogens with one attached hydrogen (secondary N) is 2. The smallest absolute Gasteiger partial charge is 0.256 e. The first-order valence-electron chi connectivity index (χ1n) is 12.8. The molecule has 0 aliphatic carbocycles. The van der Waals surface area contributed by atoms with Crippen LogP contribution < -0.4 is 10.6 Å². The molecular formula is C27H38N6O2. The summed E-state index contributed by atoms with van der Waals surface area (Å²) in [6.07, 6.45) is 2.71. The summed E-state index contributed by atoms with van der Waals surface area (Å²) in [7, 11) is 0. The molecule has 35 heavy (non-hydrogen) atoms. The largest absolute Gasteiger partial charge is 0.381 e. The summed E-state index contributed by atoms with van der Waals surface area (Å²) in [5, 5.41) is 6.84. The molecule has 2 aliphatic rings. The molecule has 188 valence electrons. The van der Waals surface area contributed by atoms with Gasteiger partial charge in [0.05, 0.1) is 5.69 Å². The van der Waals surface area contributed by atoms with Crippen molar-refractivity contribution in [1.29, 1.82) is 0 Å². The van der Waals surface area contributed by atoms with E-state index in [1.54, 1.807) is 11.1 Å². The minimum absolute atomic E-state index is 0.0467. The Kier molecular flexibility index (Phi) is 8.03. The maximum absolute atomic E-state index is 14.6. The van der Waals surface area contributed by atoms with Crippen LogP contribution >= 0.6 is 0 Å². The molecule has 0 radical (unpaired) electrons. The Morgan fingerprint density at radius 3 is 2.49 bits per heavy atom. The second kappa shape index (κ2) is 11.2. The van der Waals surface area contributed by atoms with Crippen LogP contribution in [0.25, 0.3) is 0 Å². The monoisotopic (exact) mass is 478 g/mol. The number of piperazine rings is 2. The molecule has 3 heterocycles. The van der Waals surface area contributed by atoms with E-state index < -0.39 is 5.54 Å². The quantitative estimate of drug-likeness (QED) is 0.636. The molecule has 0 spiro atoms. The fraction of sp³-hybridized carbons (Fsp3) is 0.519. The highest BCUT2D eigenvalue weighted by molar-refractivity contribution is 6.00. The van der Waals surface area contributed by atoms with E-state index in [1.165, 1.54) is 0 Å². The van der Waals surface area contributed by atoms with Gasteiger partial charge in [0.1, 0.15) is 5.69 Å². The molecule has 2 aliphatic heterocycles. The lowest BCUT2D eigenvalue weighted by atomic mass is 9.85. The van der Waals surface area contributed by atoms with Crippen LogP contribution in [0.2, 0.25) is 0 Å². The zero-order valence-corrected chi connectivity index (χ0v) is 21.2. The van der Waals surface area contributed by atoms with Crippen molar-refractivity contribution in [3.05, 3.63) is 59.9 Å².